The summed E-state index contributed by atoms with van der Waals surface area (Å²) < 4.78 is 31.9. The third kappa shape index (κ3) is 4.79. The van der Waals surface area contributed by atoms with Gasteiger partial charge in [0.1, 0.15) is 5.75 Å². The maximum Gasteiger partial charge on any atom is 0.258 e. The average Bonchev–Trinajstić information content (AvgIpc) is 2.66. The van der Waals surface area contributed by atoms with Crippen molar-refractivity contribution < 1.29 is 18.3 Å². The molecule has 2 N–H and O–H groups in total. The van der Waals surface area contributed by atoms with E-state index < -0.39 is 17.5 Å². The van der Waals surface area contributed by atoms with Crippen LogP contribution in [0.5, 0.6) is 5.75 Å². The fourth-order valence-corrected chi connectivity index (χ4v) is 2.33. The van der Waals surface area contributed by atoms with Crippen LogP contribution in [0.15, 0.2) is 54.9 Å². The van der Waals surface area contributed by atoms with Crippen LogP contribution in [0, 0.1) is 11.6 Å². The second-order valence-electron chi connectivity index (χ2n) is 6.17. The number of carbonyl (C=O) groups excluding carboxylic acids is 1. The smallest absolute Gasteiger partial charge is 0.258 e. The zero-order valence-corrected chi connectivity index (χ0v) is 15.2. The van der Waals surface area contributed by atoms with Crippen molar-refractivity contribution >= 4 is 23.2 Å². The van der Waals surface area contributed by atoms with E-state index in [4.69, 9.17) is 4.74 Å². The number of benzene rings is 2. The minimum Gasteiger partial charge on any atom is -0.489 e. The predicted molar refractivity (Wildman–Crippen MR) is 102 cm³/mol. The molecule has 28 heavy (non-hydrogen) atoms. The summed E-state index contributed by atoms with van der Waals surface area (Å²) in [6, 6.07) is 10.4. The molecule has 3 aromatic rings. The molecule has 1 heterocycles. The number of para-hydroxylation sites is 2. The van der Waals surface area contributed by atoms with Gasteiger partial charge in [-0.1, -0.05) is 12.1 Å². The van der Waals surface area contributed by atoms with E-state index in [1.54, 1.807) is 18.2 Å². The first-order valence-corrected chi connectivity index (χ1v) is 8.53. The number of nitrogens with one attached hydrogen (secondary N) is 2. The van der Waals surface area contributed by atoms with E-state index in [9.17, 15) is 13.6 Å². The Kier molecular flexibility index (Phi) is 5.78. The molecule has 1 amide bonds. The van der Waals surface area contributed by atoms with E-state index in [0.717, 1.165) is 12.1 Å². The van der Waals surface area contributed by atoms with Gasteiger partial charge in [0.05, 0.1) is 17.4 Å². The number of ether oxygens (including phenoxy) is 1. The average molecular weight is 384 g/mol. The highest BCUT2D eigenvalue weighted by Crippen LogP contribution is 2.25. The molecule has 3 rings (SSSR count). The number of halogens is 2. The van der Waals surface area contributed by atoms with Gasteiger partial charge >= 0.3 is 0 Å². The lowest BCUT2D eigenvalue weighted by molar-refractivity contribution is 0.102. The highest BCUT2D eigenvalue weighted by Gasteiger charge is 2.12. The van der Waals surface area contributed by atoms with Crippen LogP contribution < -0.4 is 15.4 Å². The summed E-state index contributed by atoms with van der Waals surface area (Å²) >= 11 is 0. The van der Waals surface area contributed by atoms with Crippen molar-refractivity contribution in [2.45, 2.75) is 20.0 Å². The number of hydrogen-bond donors (Lipinski definition) is 2. The third-order valence-corrected chi connectivity index (χ3v) is 3.59. The molecule has 0 saturated heterocycles. The van der Waals surface area contributed by atoms with Crippen molar-refractivity contribution in [3.05, 3.63) is 72.1 Å². The Morgan fingerprint density at radius 3 is 2.43 bits per heavy atom. The quantitative estimate of drug-likeness (QED) is 0.653. The van der Waals surface area contributed by atoms with Gasteiger partial charge < -0.3 is 15.4 Å². The first kappa shape index (κ1) is 19.2. The van der Waals surface area contributed by atoms with Crippen LogP contribution in [0.4, 0.5) is 26.1 Å². The Hall–Kier alpha value is -3.55. The van der Waals surface area contributed by atoms with E-state index >= 15 is 0 Å². The molecule has 8 heteroatoms. The number of hydrogen-bond acceptors (Lipinski definition) is 5. The van der Waals surface area contributed by atoms with Crippen LogP contribution in [-0.2, 0) is 0 Å². The first-order chi connectivity index (χ1) is 13.4. The maximum absolute atomic E-state index is 13.3. The van der Waals surface area contributed by atoms with Gasteiger partial charge in [0.15, 0.2) is 11.6 Å². The van der Waals surface area contributed by atoms with E-state index in [-0.39, 0.29) is 23.3 Å². The largest absolute Gasteiger partial charge is 0.489 e. The zero-order valence-electron chi connectivity index (χ0n) is 15.2. The summed E-state index contributed by atoms with van der Waals surface area (Å²) in [6.07, 6.45) is 2.62. The molecule has 1 aromatic heterocycles. The van der Waals surface area contributed by atoms with E-state index in [1.807, 2.05) is 19.9 Å². The SMILES string of the molecule is CC(C)Oc1ccccc1NC(=O)c1cnc(Nc2ccc(F)c(F)c2)nc1. The Morgan fingerprint density at radius 2 is 1.75 bits per heavy atom. The Balaban J connectivity index is 1.69. The lowest BCUT2D eigenvalue weighted by Gasteiger charge is -2.14. The summed E-state index contributed by atoms with van der Waals surface area (Å²) in [5.41, 5.74) is 1.05. The molecule has 0 saturated carbocycles. The molecule has 0 aliphatic heterocycles. The highest BCUT2D eigenvalue weighted by atomic mass is 19.2. The number of aromatic nitrogens is 2. The molecule has 0 aliphatic carbocycles. The lowest BCUT2D eigenvalue weighted by Crippen LogP contribution is -2.15. The molecule has 0 radical (unpaired) electrons. The van der Waals surface area contributed by atoms with Crippen LogP contribution in [0.25, 0.3) is 0 Å². The molecule has 2 aromatic carbocycles. The number of anilines is 3. The molecular weight excluding hydrogens is 366 g/mol. The molecule has 0 fully saturated rings. The molecule has 0 atom stereocenters. The van der Waals surface area contributed by atoms with Gasteiger partial charge in [0.25, 0.3) is 5.91 Å². The van der Waals surface area contributed by atoms with Gasteiger partial charge in [-0.15, -0.1) is 0 Å². The van der Waals surface area contributed by atoms with Crippen molar-refractivity contribution in [2.75, 3.05) is 10.6 Å². The van der Waals surface area contributed by atoms with E-state index in [1.165, 1.54) is 18.5 Å². The van der Waals surface area contributed by atoms with Gasteiger partial charge in [-0.25, -0.2) is 18.7 Å². The maximum atomic E-state index is 13.3. The standard InChI is InChI=1S/C20H18F2N4O2/c1-12(2)28-18-6-4-3-5-17(18)26-19(27)13-10-23-20(24-11-13)25-14-7-8-15(21)16(22)9-14/h3-12H,1-2H3,(H,26,27)(H,23,24,25). The Labute approximate surface area is 160 Å². The fraction of sp³-hybridized carbons (Fsp3) is 0.150. The summed E-state index contributed by atoms with van der Waals surface area (Å²) in [5.74, 6) is -1.63. The number of rotatable bonds is 6. The topological polar surface area (TPSA) is 76.1 Å². The second kappa shape index (κ2) is 8.43. The van der Waals surface area contributed by atoms with Crippen LogP contribution in [0.1, 0.15) is 24.2 Å². The van der Waals surface area contributed by atoms with E-state index in [2.05, 4.69) is 20.6 Å². The van der Waals surface area contributed by atoms with Gasteiger partial charge in [0.2, 0.25) is 5.95 Å². The number of carbonyl (C=O) groups is 1. The minimum absolute atomic E-state index is 0.0389. The predicted octanol–water partition coefficient (Wildman–Crippen LogP) is 4.54. The molecule has 0 bridgehead atoms. The number of amides is 1. The first-order valence-electron chi connectivity index (χ1n) is 8.53. The van der Waals surface area contributed by atoms with Crippen LogP contribution in [-0.4, -0.2) is 22.0 Å². The zero-order chi connectivity index (χ0) is 20.1. The molecular formula is C20H18F2N4O2. The van der Waals surface area contributed by atoms with Crippen molar-refractivity contribution in [1.29, 1.82) is 0 Å². The summed E-state index contributed by atoms with van der Waals surface area (Å²) in [5, 5.41) is 5.50. The van der Waals surface area contributed by atoms with Crippen molar-refractivity contribution in [3.63, 3.8) is 0 Å². The molecule has 0 spiro atoms. The highest BCUT2D eigenvalue weighted by molar-refractivity contribution is 6.04. The molecule has 144 valence electrons. The van der Waals surface area contributed by atoms with Crippen molar-refractivity contribution in [3.8, 4) is 5.75 Å². The second-order valence-corrected chi connectivity index (χ2v) is 6.17. The normalized spacial score (nSPS) is 10.6. The van der Waals surface area contributed by atoms with Gasteiger partial charge in [0, 0.05) is 24.1 Å². The van der Waals surface area contributed by atoms with Crippen LogP contribution in [0.2, 0.25) is 0 Å². The van der Waals surface area contributed by atoms with Gasteiger partial charge in [-0.2, -0.15) is 0 Å². The van der Waals surface area contributed by atoms with Gasteiger partial charge in [-0.3, -0.25) is 4.79 Å². The van der Waals surface area contributed by atoms with Crippen molar-refractivity contribution in [1.82, 2.24) is 9.97 Å². The molecule has 0 aliphatic rings. The van der Waals surface area contributed by atoms with Gasteiger partial charge in [-0.05, 0) is 38.1 Å². The molecule has 0 unspecified atom stereocenters. The van der Waals surface area contributed by atoms with Crippen LogP contribution >= 0.6 is 0 Å². The lowest BCUT2D eigenvalue weighted by atomic mass is 10.2. The number of nitrogens with zero attached hydrogens (tertiary/aromatic N) is 2. The monoisotopic (exact) mass is 384 g/mol. The summed E-state index contributed by atoms with van der Waals surface area (Å²) in [7, 11) is 0. The summed E-state index contributed by atoms with van der Waals surface area (Å²) in [6.45, 7) is 3.79. The minimum atomic E-state index is -0.983. The Bertz CT molecular complexity index is 978. The third-order valence-electron chi connectivity index (χ3n) is 3.59. The van der Waals surface area contributed by atoms with E-state index in [0.29, 0.717) is 11.4 Å². The summed E-state index contributed by atoms with van der Waals surface area (Å²) in [4.78, 5) is 20.5. The Morgan fingerprint density at radius 1 is 1.04 bits per heavy atom. The van der Waals surface area contributed by atoms with Crippen LogP contribution in [0.3, 0.4) is 0 Å². The van der Waals surface area contributed by atoms with Crippen molar-refractivity contribution in [2.24, 2.45) is 0 Å². The molecule has 6 nitrogen and oxygen atoms in total. The fourth-order valence-electron chi connectivity index (χ4n) is 2.33.